The van der Waals surface area contributed by atoms with Crippen molar-refractivity contribution in [3.05, 3.63) is 70.6 Å². The zero-order chi connectivity index (χ0) is 17.1. The number of carbonyl (C=O) groups excluding carboxylic acids is 1. The lowest BCUT2D eigenvalue weighted by Gasteiger charge is -2.13. The van der Waals surface area contributed by atoms with Crippen molar-refractivity contribution in [2.75, 3.05) is 6.54 Å². The molecule has 3 aromatic rings. The van der Waals surface area contributed by atoms with Gasteiger partial charge >= 0.3 is 0 Å². The fourth-order valence-corrected chi connectivity index (χ4v) is 2.86. The van der Waals surface area contributed by atoms with E-state index in [0.29, 0.717) is 21.5 Å². The third-order valence-electron chi connectivity index (χ3n) is 3.84. The minimum atomic E-state index is -0.886. The van der Waals surface area contributed by atoms with Gasteiger partial charge in [0.25, 0.3) is 0 Å². The number of carbonyl (C=O) groups is 1. The van der Waals surface area contributed by atoms with Gasteiger partial charge in [0.2, 0.25) is 5.91 Å². The lowest BCUT2D eigenvalue weighted by atomic mass is 10.1. The molecule has 0 aliphatic carbocycles. The summed E-state index contributed by atoms with van der Waals surface area (Å²) in [5.41, 5.74) is 2.04. The molecule has 0 saturated heterocycles. The molecule has 24 heavy (non-hydrogen) atoms. The van der Waals surface area contributed by atoms with Gasteiger partial charge in [-0.1, -0.05) is 29.8 Å². The van der Waals surface area contributed by atoms with E-state index in [-0.39, 0.29) is 24.7 Å². The summed E-state index contributed by atoms with van der Waals surface area (Å²) >= 11 is 6.02. The molecule has 0 aliphatic heterocycles. The van der Waals surface area contributed by atoms with Crippen molar-refractivity contribution in [2.45, 2.75) is 12.5 Å². The number of aliphatic hydroxyl groups is 1. The fourth-order valence-electron chi connectivity index (χ4n) is 2.60. The first-order chi connectivity index (χ1) is 11.5. The summed E-state index contributed by atoms with van der Waals surface area (Å²) in [6.45, 7) is 0.0548. The molecule has 1 unspecified atom stereocenters. The van der Waals surface area contributed by atoms with Gasteiger partial charge in [-0.25, -0.2) is 4.39 Å². The van der Waals surface area contributed by atoms with Crippen LogP contribution in [-0.4, -0.2) is 22.5 Å². The summed E-state index contributed by atoms with van der Waals surface area (Å²) in [5, 5.41) is 13.9. The number of nitrogens with one attached hydrogen (secondary N) is 2. The third-order valence-corrected chi connectivity index (χ3v) is 4.18. The van der Waals surface area contributed by atoms with Gasteiger partial charge in [0.05, 0.1) is 12.5 Å². The minimum absolute atomic E-state index is 0.0548. The summed E-state index contributed by atoms with van der Waals surface area (Å²) in [4.78, 5) is 15.1. The van der Waals surface area contributed by atoms with Gasteiger partial charge < -0.3 is 15.4 Å². The van der Waals surface area contributed by atoms with E-state index < -0.39 is 6.10 Å². The second-order valence-electron chi connectivity index (χ2n) is 5.52. The fraction of sp³-hybridized carbons (Fsp3) is 0.167. The Bertz CT molecular complexity index is 878. The summed E-state index contributed by atoms with van der Waals surface area (Å²) in [6, 6.07) is 11.3. The highest BCUT2D eigenvalue weighted by Gasteiger charge is 2.14. The van der Waals surface area contributed by atoms with Gasteiger partial charge in [0, 0.05) is 34.2 Å². The SMILES string of the molecule is O=C(Cc1c[nH]c2ccc(F)cc12)NCC(O)c1ccccc1Cl. The molecule has 0 fully saturated rings. The standard InChI is InChI=1S/C18H16ClFN2O2/c19-15-4-2-1-3-13(15)17(23)10-22-18(24)7-11-9-21-16-6-5-12(20)8-14(11)16/h1-6,8-9,17,21,23H,7,10H2,(H,22,24). The molecule has 3 rings (SSSR count). The van der Waals surface area contributed by atoms with E-state index in [1.54, 1.807) is 36.5 Å². The number of aliphatic hydroxyl groups excluding tert-OH is 1. The smallest absolute Gasteiger partial charge is 0.224 e. The van der Waals surface area contributed by atoms with E-state index in [1.165, 1.54) is 12.1 Å². The van der Waals surface area contributed by atoms with Gasteiger partial charge in [-0.3, -0.25) is 4.79 Å². The number of hydrogen-bond donors (Lipinski definition) is 3. The highest BCUT2D eigenvalue weighted by molar-refractivity contribution is 6.31. The second-order valence-corrected chi connectivity index (χ2v) is 5.93. The number of hydrogen-bond acceptors (Lipinski definition) is 2. The molecule has 1 aromatic heterocycles. The van der Waals surface area contributed by atoms with Crippen molar-refractivity contribution in [1.29, 1.82) is 0 Å². The first-order valence-corrected chi connectivity index (χ1v) is 7.87. The third kappa shape index (κ3) is 3.58. The molecule has 0 spiro atoms. The van der Waals surface area contributed by atoms with Crippen molar-refractivity contribution in [3.63, 3.8) is 0 Å². The van der Waals surface area contributed by atoms with Crippen LogP contribution < -0.4 is 5.32 Å². The van der Waals surface area contributed by atoms with Gasteiger partial charge in [-0.2, -0.15) is 0 Å². The molecule has 1 atom stereocenters. The first-order valence-electron chi connectivity index (χ1n) is 7.49. The van der Waals surface area contributed by atoms with E-state index in [4.69, 9.17) is 11.6 Å². The van der Waals surface area contributed by atoms with Gasteiger partial charge in [0.1, 0.15) is 5.82 Å². The predicted octanol–water partition coefficient (Wildman–Crippen LogP) is 3.35. The van der Waals surface area contributed by atoms with Crippen molar-refractivity contribution < 1.29 is 14.3 Å². The number of benzene rings is 2. The Kier molecular flexibility index (Phi) is 4.83. The van der Waals surface area contributed by atoms with Crippen LogP contribution in [0.1, 0.15) is 17.2 Å². The Labute approximate surface area is 143 Å². The van der Waals surface area contributed by atoms with Crippen molar-refractivity contribution in [2.24, 2.45) is 0 Å². The summed E-state index contributed by atoms with van der Waals surface area (Å²) in [5.74, 6) is -0.607. The molecule has 0 bridgehead atoms. The number of aromatic nitrogens is 1. The first kappa shape index (κ1) is 16.5. The molecular weight excluding hydrogens is 331 g/mol. The maximum atomic E-state index is 13.4. The van der Waals surface area contributed by atoms with E-state index in [2.05, 4.69) is 10.3 Å². The molecule has 6 heteroatoms. The normalized spacial score (nSPS) is 12.3. The van der Waals surface area contributed by atoms with E-state index >= 15 is 0 Å². The quantitative estimate of drug-likeness (QED) is 0.663. The zero-order valence-corrected chi connectivity index (χ0v) is 13.5. The monoisotopic (exact) mass is 346 g/mol. The summed E-state index contributed by atoms with van der Waals surface area (Å²) in [6.07, 6.45) is 0.899. The highest BCUT2D eigenvalue weighted by atomic mass is 35.5. The Morgan fingerprint density at radius 1 is 1.29 bits per heavy atom. The molecule has 0 aliphatic rings. The molecule has 2 aromatic carbocycles. The number of H-pyrrole nitrogens is 1. The summed E-state index contributed by atoms with van der Waals surface area (Å²) < 4.78 is 13.4. The van der Waals surface area contributed by atoms with Crippen LogP contribution in [0.15, 0.2) is 48.7 Å². The Hall–Kier alpha value is -2.37. The van der Waals surface area contributed by atoms with Gasteiger partial charge in [0.15, 0.2) is 0 Å². The van der Waals surface area contributed by atoms with Crippen LogP contribution in [-0.2, 0) is 11.2 Å². The van der Waals surface area contributed by atoms with Crippen LogP contribution in [0.4, 0.5) is 4.39 Å². The van der Waals surface area contributed by atoms with Crippen LogP contribution in [0.2, 0.25) is 5.02 Å². The lowest BCUT2D eigenvalue weighted by Crippen LogP contribution is -2.29. The number of aromatic amines is 1. The van der Waals surface area contributed by atoms with Crippen LogP contribution in [0.5, 0.6) is 0 Å². The lowest BCUT2D eigenvalue weighted by molar-refractivity contribution is -0.120. The number of rotatable bonds is 5. The average Bonchev–Trinajstić information content (AvgIpc) is 2.95. The minimum Gasteiger partial charge on any atom is -0.387 e. The van der Waals surface area contributed by atoms with Crippen LogP contribution in [0.25, 0.3) is 10.9 Å². The van der Waals surface area contributed by atoms with Crippen LogP contribution in [0.3, 0.4) is 0 Å². The molecule has 1 amide bonds. The molecule has 124 valence electrons. The zero-order valence-electron chi connectivity index (χ0n) is 12.7. The Morgan fingerprint density at radius 2 is 2.08 bits per heavy atom. The summed E-state index contributed by atoms with van der Waals surface area (Å²) in [7, 11) is 0. The molecule has 3 N–H and O–H groups in total. The molecule has 0 saturated carbocycles. The predicted molar refractivity (Wildman–Crippen MR) is 91.4 cm³/mol. The van der Waals surface area contributed by atoms with Crippen molar-refractivity contribution >= 4 is 28.4 Å². The number of halogens is 2. The Balaban J connectivity index is 1.63. The molecule has 1 heterocycles. The molecular formula is C18H16ClFN2O2. The largest absolute Gasteiger partial charge is 0.387 e. The average molecular weight is 347 g/mol. The number of amides is 1. The van der Waals surface area contributed by atoms with E-state index in [1.807, 2.05) is 0 Å². The highest BCUT2D eigenvalue weighted by Crippen LogP contribution is 2.22. The van der Waals surface area contributed by atoms with E-state index in [9.17, 15) is 14.3 Å². The molecule has 0 radical (unpaired) electrons. The topological polar surface area (TPSA) is 65.1 Å². The maximum absolute atomic E-state index is 13.4. The maximum Gasteiger partial charge on any atom is 0.224 e. The van der Waals surface area contributed by atoms with Crippen molar-refractivity contribution in [1.82, 2.24) is 10.3 Å². The van der Waals surface area contributed by atoms with Crippen LogP contribution >= 0.6 is 11.6 Å². The second kappa shape index (κ2) is 7.03. The molecule has 4 nitrogen and oxygen atoms in total. The van der Waals surface area contributed by atoms with E-state index in [0.717, 1.165) is 5.52 Å². The number of fused-ring (bicyclic) bond motifs is 1. The Morgan fingerprint density at radius 3 is 2.88 bits per heavy atom. The van der Waals surface area contributed by atoms with Crippen molar-refractivity contribution in [3.8, 4) is 0 Å². The van der Waals surface area contributed by atoms with Gasteiger partial charge in [-0.05, 0) is 29.8 Å². The van der Waals surface area contributed by atoms with Gasteiger partial charge in [-0.15, -0.1) is 0 Å². The van der Waals surface area contributed by atoms with Crippen LogP contribution in [0, 0.1) is 5.82 Å².